The molecule has 0 N–H and O–H groups in total. The van der Waals surface area contributed by atoms with Gasteiger partial charge < -0.3 is 0 Å². The van der Waals surface area contributed by atoms with Crippen LogP contribution in [-0.2, 0) is 0 Å². The molecule has 56 valence electrons. The van der Waals surface area contributed by atoms with E-state index in [2.05, 4.69) is 16.7 Å². The Balaban J connectivity index is 3.94. The largest absolute Gasteiger partial charge is 0.292 e. The Morgan fingerprint density at radius 3 is 2.80 bits per heavy atom. The summed E-state index contributed by atoms with van der Waals surface area (Å²) in [6.45, 7) is 6.17. The van der Waals surface area contributed by atoms with Gasteiger partial charge in [0.2, 0.25) is 0 Å². The van der Waals surface area contributed by atoms with E-state index in [-0.39, 0.29) is 0 Å². The van der Waals surface area contributed by atoms with Gasteiger partial charge in [0.25, 0.3) is 0 Å². The molecule has 2 nitrogen and oxygen atoms in total. The van der Waals surface area contributed by atoms with Crippen LogP contribution in [0.5, 0.6) is 0 Å². The maximum Gasteiger partial charge on any atom is 0.0431 e. The van der Waals surface area contributed by atoms with E-state index in [0.717, 1.165) is 11.4 Å². The van der Waals surface area contributed by atoms with Crippen molar-refractivity contribution in [2.24, 2.45) is 9.98 Å². The lowest BCUT2D eigenvalue weighted by molar-refractivity contribution is 1.14. The van der Waals surface area contributed by atoms with Crippen molar-refractivity contribution in [3.05, 3.63) is 11.1 Å². The second kappa shape index (κ2) is 6.55. The number of hydrogen-bond acceptors (Lipinski definition) is 3. The first-order chi connectivity index (χ1) is 4.85. The van der Waals surface area contributed by atoms with E-state index in [1.54, 1.807) is 24.2 Å². The lowest BCUT2D eigenvalue weighted by atomic mass is 10.6. The molecule has 0 heterocycles. The first kappa shape index (κ1) is 9.43. The lowest BCUT2D eigenvalue weighted by Gasteiger charge is -1.90. The number of allylic oxidation sites excluding steroid dienone is 1. The number of aliphatic imine (C=N–C) groups is 2. The van der Waals surface area contributed by atoms with Gasteiger partial charge in [-0.2, -0.15) is 0 Å². The molecule has 3 heteroatoms. The molecule has 0 rings (SSSR count). The zero-order chi connectivity index (χ0) is 7.82. The van der Waals surface area contributed by atoms with Crippen LogP contribution in [0.3, 0.4) is 0 Å². The minimum absolute atomic E-state index is 0.815. The summed E-state index contributed by atoms with van der Waals surface area (Å²) in [6, 6.07) is 0. The predicted molar refractivity (Wildman–Crippen MR) is 50.2 cm³/mol. The molecule has 0 amide bonds. The molecule has 0 aromatic carbocycles. The van der Waals surface area contributed by atoms with Gasteiger partial charge in [0.05, 0.1) is 0 Å². The maximum atomic E-state index is 4.06. The summed E-state index contributed by atoms with van der Waals surface area (Å²) in [6.07, 6.45) is 5.49. The van der Waals surface area contributed by atoms with Crippen LogP contribution in [-0.4, -0.2) is 25.7 Å². The van der Waals surface area contributed by atoms with Crippen molar-refractivity contribution >= 4 is 24.7 Å². The Morgan fingerprint density at radius 2 is 2.40 bits per heavy atom. The van der Waals surface area contributed by atoms with E-state index in [9.17, 15) is 0 Å². The van der Waals surface area contributed by atoms with Gasteiger partial charge in [0.1, 0.15) is 0 Å². The van der Waals surface area contributed by atoms with Crippen LogP contribution in [0.15, 0.2) is 21.1 Å². The Kier molecular flexibility index (Phi) is 6.18. The molecule has 0 saturated heterocycles. The first-order valence-corrected chi connectivity index (χ1v) is 4.27. The number of rotatable bonds is 4. The molecule has 0 bridgehead atoms. The van der Waals surface area contributed by atoms with Crippen LogP contribution in [0, 0.1) is 0 Å². The van der Waals surface area contributed by atoms with Crippen LogP contribution in [0.2, 0.25) is 0 Å². The third-order valence-electron chi connectivity index (χ3n) is 0.855. The molecule has 0 aliphatic heterocycles. The van der Waals surface area contributed by atoms with Gasteiger partial charge in [-0.25, -0.2) is 0 Å². The highest BCUT2D eigenvalue weighted by atomic mass is 32.2. The van der Waals surface area contributed by atoms with Gasteiger partial charge >= 0.3 is 0 Å². The van der Waals surface area contributed by atoms with Crippen LogP contribution in [0.25, 0.3) is 0 Å². The molecule has 0 radical (unpaired) electrons. The van der Waals surface area contributed by atoms with E-state index < -0.39 is 0 Å². The summed E-state index contributed by atoms with van der Waals surface area (Å²) in [4.78, 5) is 8.73. The number of thioether (sulfide) groups is 1. The third kappa shape index (κ3) is 4.32. The normalized spacial score (nSPS) is 12.4. The summed E-state index contributed by atoms with van der Waals surface area (Å²) >= 11 is 1.61. The fraction of sp³-hybridized carbons (Fsp3) is 0.429. The van der Waals surface area contributed by atoms with E-state index in [1.165, 1.54) is 0 Å². The predicted octanol–water partition coefficient (Wildman–Crippen LogP) is 1.98. The monoisotopic (exact) mass is 156 g/mol. The van der Waals surface area contributed by atoms with Crippen molar-refractivity contribution < 1.29 is 0 Å². The first-order valence-electron chi connectivity index (χ1n) is 3.05. The van der Waals surface area contributed by atoms with Gasteiger partial charge in [-0.3, -0.25) is 9.98 Å². The highest BCUT2D eigenvalue weighted by Gasteiger charge is 1.84. The molecule has 0 saturated carbocycles. The van der Waals surface area contributed by atoms with Crippen molar-refractivity contribution in [1.82, 2.24) is 0 Å². The third-order valence-corrected chi connectivity index (χ3v) is 1.54. The standard InChI is InChI=1S/C7H12N2S/c1-4-9-6-7(10-3)5-8-2/h5-6H,2,4H2,1,3H3/b7-5+,9-6?. The van der Waals surface area contributed by atoms with Crippen molar-refractivity contribution in [3.8, 4) is 0 Å². The molecule has 0 aliphatic carbocycles. The molecule has 0 unspecified atom stereocenters. The number of hydrogen-bond donors (Lipinski definition) is 0. The van der Waals surface area contributed by atoms with Crippen molar-refractivity contribution in [2.45, 2.75) is 6.92 Å². The molecule has 0 fully saturated rings. The molecule has 10 heavy (non-hydrogen) atoms. The van der Waals surface area contributed by atoms with E-state index in [0.29, 0.717) is 0 Å². The minimum Gasteiger partial charge on any atom is -0.292 e. The van der Waals surface area contributed by atoms with Gasteiger partial charge in [-0.05, 0) is 19.9 Å². The average Bonchev–Trinajstić information content (AvgIpc) is 1.98. The Morgan fingerprint density at radius 1 is 1.70 bits per heavy atom. The van der Waals surface area contributed by atoms with E-state index >= 15 is 0 Å². The van der Waals surface area contributed by atoms with Gasteiger partial charge in [0.15, 0.2) is 0 Å². The van der Waals surface area contributed by atoms with Crippen LogP contribution >= 0.6 is 11.8 Å². The highest BCUT2D eigenvalue weighted by molar-refractivity contribution is 8.03. The molecule has 0 aliphatic rings. The highest BCUT2D eigenvalue weighted by Crippen LogP contribution is 2.07. The van der Waals surface area contributed by atoms with Crippen molar-refractivity contribution in [2.75, 3.05) is 12.8 Å². The number of nitrogens with zero attached hydrogens (tertiary/aromatic N) is 2. The van der Waals surface area contributed by atoms with Crippen LogP contribution in [0.1, 0.15) is 6.92 Å². The van der Waals surface area contributed by atoms with Gasteiger partial charge in [-0.1, -0.05) is 0 Å². The maximum absolute atomic E-state index is 4.06. The molecule has 0 atom stereocenters. The Bertz CT molecular complexity index is 150. The molecule has 0 spiro atoms. The minimum atomic E-state index is 0.815. The second-order valence-electron chi connectivity index (χ2n) is 1.55. The average molecular weight is 156 g/mol. The Labute approximate surface area is 66.2 Å². The molecule has 0 aromatic rings. The second-order valence-corrected chi connectivity index (χ2v) is 2.43. The zero-order valence-corrected chi connectivity index (χ0v) is 7.19. The van der Waals surface area contributed by atoms with Gasteiger partial charge in [-0.15, -0.1) is 11.8 Å². The van der Waals surface area contributed by atoms with Crippen LogP contribution in [0.4, 0.5) is 0 Å². The molecular formula is C7H12N2S. The summed E-state index contributed by atoms with van der Waals surface area (Å²) in [7, 11) is 0. The molecular weight excluding hydrogens is 144 g/mol. The fourth-order valence-corrected chi connectivity index (χ4v) is 0.770. The van der Waals surface area contributed by atoms with Gasteiger partial charge in [0, 0.05) is 23.9 Å². The SMILES string of the molecule is C=N/C=C(\C=NCC)SC. The van der Waals surface area contributed by atoms with Crippen molar-refractivity contribution in [1.29, 1.82) is 0 Å². The lowest BCUT2D eigenvalue weighted by Crippen LogP contribution is -1.78. The summed E-state index contributed by atoms with van der Waals surface area (Å²) in [5.74, 6) is 0. The van der Waals surface area contributed by atoms with E-state index in [4.69, 9.17) is 0 Å². The molecule has 0 aromatic heterocycles. The van der Waals surface area contributed by atoms with E-state index in [1.807, 2.05) is 13.2 Å². The summed E-state index contributed by atoms with van der Waals surface area (Å²) in [5.41, 5.74) is 0. The van der Waals surface area contributed by atoms with Crippen molar-refractivity contribution in [3.63, 3.8) is 0 Å². The smallest absolute Gasteiger partial charge is 0.0431 e. The quantitative estimate of drug-likeness (QED) is 0.571. The zero-order valence-electron chi connectivity index (χ0n) is 6.37. The summed E-state index contributed by atoms with van der Waals surface area (Å²) in [5, 5.41) is 0. The topological polar surface area (TPSA) is 24.7 Å². The summed E-state index contributed by atoms with van der Waals surface area (Å²) < 4.78 is 0. The fourth-order valence-electron chi connectivity index (χ4n) is 0.410. The Hall–Kier alpha value is -0.570. The van der Waals surface area contributed by atoms with Crippen LogP contribution < -0.4 is 0 Å².